The van der Waals surface area contributed by atoms with Gasteiger partial charge in [-0.2, -0.15) is 22.7 Å². The summed E-state index contributed by atoms with van der Waals surface area (Å²) in [4.78, 5) is 12.3. The Balaban J connectivity index is 2.36. The first kappa shape index (κ1) is 19.2. The molecule has 0 spiro atoms. The van der Waals surface area contributed by atoms with Gasteiger partial charge in [-0.3, -0.25) is 4.79 Å². The molecule has 2 aromatic rings. The van der Waals surface area contributed by atoms with E-state index in [1.54, 1.807) is 22.7 Å². The lowest BCUT2D eigenvalue weighted by atomic mass is 9.72. The topological polar surface area (TPSA) is 37.3 Å². The first-order valence-corrected chi connectivity index (χ1v) is 10.8. The van der Waals surface area contributed by atoms with Crippen molar-refractivity contribution in [3.05, 3.63) is 44.8 Å². The molecule has 4 heteroatoms. The number of hydrogen-bond acceptors (Lipinski definition) is 3. The van der Waals surface area contributed by atoms with Crippen LogP contribution < -0.4 is 0 Å². The Morgan fingerprint density at radius 3 is 1.71 bits per heavy atom. The summed E-state index contributed by atoms with van der Waals surface area (Å²) in [6.07, 6.45) is 6.27. The van der Waals surface area contributed by atoms with E-state index in [2.05, 4.69) is 47.5 Å². The van der Waals surface area contributed by atoms with Crippen molar-refractivity contribution in [2.75, 3.05) is 0 Å². The molecule has 0 saturated heterocycles. The van der Waals surface area contributed by atoms with E-state index >= 15 is 0 Å². The number of hydrogen-bond donors (Lipinski definition) is 1. The minimum absolute atomic E-state index is 0.107. The molecule has 2 atom stereocenters. The van der Waals surface area contributed by atoms with E-state index in [4.69, 9.17) is 0 Å². The van der Waals surface area contributed by atoms with Gasteiger partial charge in [-0.05, 0) is 69.5 Å². The standard InChI is InChI=1S/C20H28O2S2/c1-3-5-7-17(15-9-11-23-13-15)19(20(21)22)18(8-6-4-2)16-10-12-24-14-16/h9-14,17-19H,3-8H2,1-2H3,(H,21,22). The predicted molar refractivity (Wildman–Crippen MR) is 104 cm³/mol. The van der Waals surface area contributed by atoms with Crippen LogP contribution in [0.15, 0.2) is 33.7 Å². The minimum atomic E-state index is -0.644. The summed E-state index contributed by atoms with van der Waals surface area (Å²) in [5, 5.41) is 18.5. The molecule has 0 amide bonds. The van der Waals surface area contributed by atoms with Gasteiger partial charge in [-0.25, -0.2) is 0 Å². The fourth-order valence-corrected chi connectivity index (χ4v) is 5.00. The van der Waals surface area contributed by atoms with Crippen LogP contribution in [0.2, 0.25) is 0 Å². The summed E-state index contributed by atoms with van der Waals surface area (Å²) >= 11 is 3.33. The molecular weight excluding hydrogens is 336 g/mol. The predicted octanol–water partition coefficient (Wildman–Crippen LogP) is 6.76. The Morgan fingerprint density at radius 2 is 1.42 bits per heavy atom. The molecule has 2 heterocycles. The summed E-state index contributed by atoms with van der Waals surface area (Å²) in [5.41, 5.74) is 2.41. The molecule has 0 aliphatic carbocycles. The molecule has 0 aromatic carbocycles. The van der Waals surface area contributed by atoms with E-state index in [0.717, 1.165) is 38.5 Å². The van der Waals surface area contributed by atoms with Gasteiger partial charge in [0.05, 0.1) is 5.92 Å². The normalized spacial score (nSPS) is 15.1. The highest BCUT2D eigenvalue weighted by molar-refractivity contribution is 7.08. The maximum atomic E-state index is 12.3. The molecule has 24 heavy (non-hydrogen) atoms. The third-order valence-corrected chi connectivity index (χ3v) is 6.24. The summed E-state index contributed by atoms with van der Waals surface area (Å²) < 4.78 is 0. The van der Waals surface area contributed by atoms with Crippen molar-refractivity contribution in [3.63, 3.8) is 0 Å². The van der Waals surface area contributed by atoms with Crippen LogP contribution in [-0.4, -0.2) is 11.1 Å². The summed E-state index contributed by atoms with van der Waals surface area (Å²) in [6, 6.07) is 4.23. The molecule has 2 aromatic heterocycles. The molecule has 2 rings (SSSR count). The van der Waals surface area contributed by atoms with Crippen molar-refractivity contribution in [1.29, 1.82) is 0 Å². The van der Waals surface area contributed by atoms with Crippen LogP contribution in [-0.2, 0) is 4.79 Å². The Bertz CT molecular complexity index is 529. The summed E-state index contributed by atoms with van der Waals surface area (Å²) in [5.74, 6) is -0.771. The van der Waals surface area contributed by atoms with Crippen LogP contribution in [0.25, 0.3) is 0 Å². The molecular formula is C20H28O2S2. The van der Waals surface area contributed by atoms with Crippen molar-refractivity contribution in [1.82, 2.24) is 0 Å². The van der Waals surface area contributed by atoms with E-state index in [1.807, 2.05) is 0 Å². The van der Waals surface area contributed by atoms with Crippen molar-refractivity contribution < 1.29 is 9.90 Å². The molecule has 0 bridgehead atoms. The molecule has 2 unspecified atom stereocenters. The number of carbonyl (C=O) groups is 1. The van der Waals surface area contributed by atoms with Crippen LogP contribution in [0.4, 0.5) is 0 Å². The smallest absolute Gasteiger partial charge is 0.307 e. The Morgan fingerprint density at radius 1 is 0.958 bits per heavy atom. The second-order valence-electron chi connectivity index (χ2n) is 6.47. The van der Waals surface area contributed by atoms with Gasteiger partial charge in [0.15, 0.2) is 0 Å². The number of unbranched alkanes of at least 4 members (excludes halogenated alkanes) is 2. The molecule has 1 N–H and O–H groups in total. The number of aliphatic carboxylic acids is 1. The maximum absolute atomic E-state index is 12.3. The molecule has 0 radical (unpaired) electrons. The zero-order valence-corrected chi connectivity index (χ0v) is 16.2. The third-order valence-electron chi connectivity index (χ3n) is 4.83. The van der Waals surface area contributed by atoms with Crippen LogP contribution in [0, 0.1) is 5.92 Å². The lowest BCUT2D eigenvalue weighted by Crippen LogP contribution is -2.28. The number of rotatable bonds is 11. The average Bonchev–Trinajstić information content (AvgIpc) is 3.26. The van der Waals surface area contributed by atoms with Crippen LogP contribution in [0.3, 0.4) is 0 Å². The monoisotopic (exact) mass is 364 g/mol. The van der Waals surface area contributed by atoms with Gasteiger partial charge in [0.1, 0.15) is 0 Å². The summed E-state index contributed by atoms with van der Waals surface area (Å²) in [7, 11) is 0. The van der Waals surface area contributed by atoms with Gasteiger partial charge >= 0.3 is 5.97 Å². The highest BCUT2D eigenvalue weighted by atomic mass is 32.1. The molecule has 2 nitrogen and oxygen atoms in total. The van der Waals surface area contributed by atoms with Crippen LogP contribution >= 0.6 is 22.7 Å². The molecule has 0 aliphatic rings. The SMILES string of the molecule is CCCCC(c1ccsc1)C(C(=O)O)C(CCCC)c1ccsc1. The van der Waals surface area contributed by atoms with Gasteiger partial charge in [0.25, 0.3) is 0 Å². The van der Waals surface area contributed by atoms with Crippen molar-refractivity contribution in [2.45, 2.75) is 64.2 Å². The maximum Gasteiger partial charge on any atom is 0.307 e. The fraction of sp³-hybridized carbons (Fsp3) is 0.550. The van der Waals surface area contributed by atoms with Gasteiger partial charge < -0.3 is 5.11 Å². The highest BCUT2D eigenvalue weighted by Gasteiger charge is 2.36. The minimum Gasteiger partial charge on any atom is -0.481 e. The number of carboxylic acid groups (broad SMARTS) is 1. The van der Waals surface area contributed by atoms with E-state index < -0.39 is 5.97 Å². The molecule has 132 valence electrons. The van der Waals surface area contributed by atoms with Crippen molar-refractivity contribution in [3.8, 4) is 0 Å². The van der Waals surface area contributed by atoms with Gasteiger partial charge in [0.2, 0.25) is 0 Å². The van der Waals surface area contributed by atoms with E-state index in [9.17, 15) is 9.90 Å². The van der Waals surface area contributed by atoms with E-state index in [0.29, 0.717) is 0 Å². The van der Waals surface area contributed by atoms with E-state index in [-0.39, 0.29) is 17.8 Å². The average molecular weight is 365 g/mol. The van der Waals surface area contributed by atoms with Crippen molar-refractivity contribution in [2.24, 2.45) is 5.92 Å². The zero-order valence-electron chi connectivity index (χ0n) is 14.6. The third kappa shape index (κ3) is 4.93. The van der Waals surface area contributed by atoms with Gasteiger partial charge in [-0.1, -0.05) is 39.5 Å². The molecule has 0 saturated carbocycles. The number of thiophene rings is 2. The largest absolute Gasteiger partial charge is 0.481 e. The molecule has 0 fully saturated rings. The number of carboxylic acids is 1. The summed E-state index contributed by atoms with van der Waals surface area (Å²) in [6.45, 7) is 4.35. The Hall–Kier alpha value is -1.13. The van der Waals surface area contributed by atoms with Crippen molar-refractivity contribution >= 4 is 28.6 Å². The van der Waals surface area contributed by atoms with Crippen LogP contribution in [0.5, 0.6) is 0 Å². The highest BCUT2D eigenvalue weighted by Crippen LogP contribution is 2.43. The zero-order chi connectivity index (χ0) is 17.4. The fourth-order valence-electron chi connectivity index (χ4n) is 3.55. The Kier molecular flexibility index (Phi) is 8.00. The Labute approximate surface area is 153 Å². The second-order valence-corrected chi connectivity index (χ2v) is 8.03. The molecule has 0 aliphatic heterocycles. The first-order valence-electron chi connectivity index (χ1n) is 8.96. The quantitative estimate of drug-likeness (QED) is 0.478. The first-order chi connectivity index (χ1) is 11.7. The lowest BCUT2D eigenvalue weighted by molar-refractivity contribution is -0.143. The second kappa shape index (κ2) is 10.00. The lowest BCUT2D eigenvalue weighted by Gasteiger charge is -2.31. The van der Waals surface area contributed by atoms with Gasteiger partial charge in [-0.15, -0.1) is 0 Å². The van der Waals surface area contributed by atoms with E-state index in [1.165, 1.54) is 11.1 Å². The van der Waals surface area contributed by atoms with Crippen LogP contribution in [0.1, 0.15) is 75.3 Å². The van der Waals surface area contributed by atoms with Gasteiger partial charge in [0, 0.05) is 0 Å².